The third-order valence-corrected chi connectivity index (χ3v) is 2.47. The summed E-state index contributed by atoms with van der Waals surface area (Å²) < 4.78 is 0. The molecule has 2 nitrogen and oxygen atoms in total. The van der Waals surface area contributed by atoms with Crippen molar-refractivity contribution < 1.29 is 0 Å². The van der Waals surface area contributed by atoms with Crippen LogP contribution in [0, 0.1) is 5.92 Å². The van der Waals surface area contributed by atoms with Crippen LogP contribution in [-0.4, -0.2) is 12.6 Å². The van der Waals surface area contributed by atoms with Gasteiger partial charge in [-0.25, -0.2) is 0 Å². The lowest BCUT2D eigenvalue weighted by Gasteiger charge is -2.18. The Morgan fingerprint density at radius 3 is 2.33 bits per heavy atom. The Bertz CT molecular complexity index is 93.8. The molecule has 0 aromatic rings. The van der Waals surface area contributed by atoms with Gasteiger partial charge in [0.2, 0.25) is 0 Å². The molecule has 0 saturated heterocycles. The molecule has 0 aliphatic rings. The predicted octanol–water partition coefficient (Wildman–Crippen LogP) is 1.88. The van der Waals surface area contributed by atoms with Crippen molar-refractivity contribution in [1.82, 2.24) is 0 Å². The fourth-order valence-corrected chi connectivity index (χ4v) is 1.44. The average Bonchev–Trinajstić information content (AvgIpc) is 2.05. The van der Waals surface area contributed by atoms with E-state index in [0.717, 1.165) is 19.4 Å². The molecule has 0 aromatic heterocycles. The Morgan fingerprint density at radius 1 is 1.17 bits per heavy atom. The number of hydrogen-bond donors (Lipinski definition) is 2. The highest BCUT2D eigenvalue weighted by Gasteiger charge is 2.10. The zero-order chi connectivity index (χ0) is 9.40. The second-order valence-electron chi connectivity index (χ2n) is 3.71. The maximum Gasteiger partial charge on any atom is 0.00644 e. The van der Waals surface area contributed by atoms with Crippen LogP contribution in [0.15, 0.2) is 0 Å². The molecule has 2 unspecified atom stereocenters. The van der Waals surface area contributed by atoms with E-state index in [9.17, 15) is 0 Å². The first-order valence-electron chi connectivity index (χ1n) is 5.18. The molecule has 4 N–H and O–H groups in total. The van der Waals surface area contributed by atoms with Crippen LogP contribution in [0.3, 0.4) is 0 Å². The molecule has 0 saturated carbocycles. The SMILES string of the molecule is CCCC(N)C(C)CCCCN. The van der Waals surface area contributed by atoms with Gasteiger partial charge in [-0.05, 0) is 31.7 Å². The third-order valence-electron chi connectivity index (χ3n) is 2.47. The van der Waals surface area contributed by atoms with Gasteiger partial charge in [0.1, 0.15) is 0 Å². The molecule has 0 rings (SSSR count). The first kappa shape index (κ1) is 11.9. The van der Waals surface area contributed by atoms with Crippen molar-refractivity contribution >= 4 is 0 Å². The fraction of sp³-hybridized carbons (Fsp3) is 1.00. The van der Waals surface area contributed by atoms with Gasteiger partial charge in [0.05, 0.1) is 0 Å². The largest absolute Gasteiger partial charge is 0.330 e. The summed E-state index contributed by atoms with van der Waals surface area (Å²) in [7, 11) is 0. The van der Waals surface area contributed by atoms with Crippen LogP contribution in [0.2, 0.25) is 0 Å². The van der Waals surface area contributed by atoms with Crippen molar-refractivity contribution in [3.8, 4) is 0 Å². The maximum absolute atomic E-state index is 5.98. The second kappa shape index (κ2) is 7.56. The number of unbranched alkanes of at least 4 members (excludes halogenated alkanes) is 1. The highest BCUT2D eigenvalue weighted by atomic mass is 14.6. The predicted molar refractivity (Wildman–Crippen MR) is 55.0 cm³/mol. The molecule has 0 aliphatic heterocycles. The van der Waals surface area contributed by atoms with Gasteiger partial charge in [-0.15, -0.1) is 0 Å². The molecule has 2 atom stereocenters. The molecule has 0 amide bonds. The molecule has 0 bridgehead atoms. The van der Waals surface area contributed by atoms with E-state index >= 15 is 0 Å². The summed E-state index contributed by atoms with van der Waals surface area (Å²) in [5, 5.41) is 0. The molecule has 0 radical (unpaired) electrons. The van der Waals surface area contributed by atoms with Gasteiger partial charge in [-0.2, -0.15) is 0 Å². The summed E-state index contributed by atoms with van der Waals surface area (Å²) in [6.45, 7) is 5.25. The van der Waals surface area contributed by atoms with Crippen LogP contribution >= 0.6 is 0 Å². The normalized spacial score (nSPS) is 16.0. The summed E-state index contributed by atoms with van der Waals surface area (Å²) >= 11 is 0. The molecule has 2 heteroatoms. The van der Waals surface area contributed by atoms with Crippen molar-refractivity contribution in [1.29, 1.82) is 0 Å². The van der Waals surface area contributed by atoms with Crippen LogP contribution in [0.4, 0.5) is 0 Å². The quantitative estimate of drug-likeness (QED) is 0.576. The Morgan fingerprint density at radius 2 is 1.83 bits per heavy atom. The van der Waals surface area contributed by atoms with Gasteiger partial charge >= 0.3 is 0 Å². The first-order chi connectivity index (χ1) is 5.72. The van der Waals surface area contributed by atoms with Gasteiger partial charge in [-0.1, -0.05) is 26.7 Å². The monoisotopic (exact) mass is 172 g/mol. The van der Waals surface area contributed by atoms with Gasteiger partial charge in [0, 0.05) is 6.04 Å². The van der Waals surface area contributed by atoms with Gasteiger partial charge in [-0.3, -0.25) is 0 Å². The molecule has 0 fully saturated rings. The molecule has 0 heterocycles. The zero-order valence-electron chi connectivity index (χ0n) is 8.55. The van der Waals surface area contributed by atoms with E-state index in [4.69, 9.17) is 11.5 Å². The van der Waals surface area contributed by atoms with E-state index in [1.54, 1.807) is 0 Å². The summed E-state index contributed by atoms with van der Waals surface area (Å²) in [5.41, 5.74) is 11.4. The molecular formula is C10H24N2. The molecule has 12 heavy (non-hydrogen) atoms. The van der Waals surface area contributed by atoms with Gasteiger partial charge in [0.15, 0.2) is 0 Å². The van der Waals surface area contributed by atoms with Gasteiger partial charge in [0.25, 0.3) is 0 Å². The Hall–Kier alpha value is -0.0800. The molecular weight excluding hydrogens is 148 g/mol. The minimum absolute atomic E-state index is 0.396. The van der Waals surface area contributed by atoms with Crippen LogP contribution in [0.25, 0.3) is 0 Å². The fourth-order valence-electron chi connectivity index (χ4n) is 1.44. The van der Waals surface area contributed by atoms with E-state index in [0.29, 0.717) is 12.0 Å². The number of rotatable bonds is 7. The van der Waals surface area contributed by atoms with Crippen LogP contribution < -0.4 is 11.5 Å². The van der Waals surface area contributed by atoms with Crippen molar-refractivity contribution in [2.45, 2.75) is 52.0 Å². The van der Waals surface area contributed by atoms with Crippen molar-refractivity contribution in [3.63, 3.8) is 0 Å². The van der Waals surface area contributed by atoms with Crippen LogP contribution in [-0.2, 0) is 0 Å². The second-order valence-corrected chi connectivity index (χ2v) is 3.71. The average molecular weight is 172 g/mol. The standard InChI is InChI=1S/C10H24N2/c1-3-6-10(12)9(2)7-4-5-8-11/h9-10H,3-8,11-12H2,1-2H3. The van der Waals surface area contributed by atoms with Crippen molar-refractivity contribution in [2.75, 3.05) is 6.54 Å². The summed E-state index contributed by atoms with van der Waals surface area (Å²) in [6, 6.07) is 0.396. The highest BCUT2D eigenvalue weighted by Crippen LogP contribution is 2.13. The molecule has 74 valence electrons. The molecule has 0 aromatic carbocycles. The third kappa shape index (κ3) is 5.56. The van der Waals surface area contributed by atoms with Gasteiger partial charge < -0.3 is 11.5 Å². The topological polar surface area (TPSA) is 52.0 Å². The lowest BCUT2D eigenvalue weighted by atomic mass is 9.93. The number of hydrogen-bond acceptors (Lipinski definition) is 2. The van der Waals surface area contributed by atoms with E-state index < -0.39 is 0 Å². The zero-order valence-corrected chi connectivity index (χ0v) is 8.55. The lowest BCUT2D eigenvalue weighted by molar-refractivity contribution is 0.390. The minimum Gasteiger partial charge on any atom is -0.330 e. The Kier molecular flexibility index (Phi) is 7.51. The summed E-state index contributed by atoms with van der Waals surface area (Å²) in [6.07, 6.45) is 5.96. The molecule has 0 spiro atoms. The number of nitrogens with two attached hydrogens (primary N) is 2. The van der Waals surface area contributed by atoms with E-state index in [1.807, 2.05) is 0 Å². The van der Waals surface area contributed by atoms with E-state index in [-0.39, 0.29) is 0 Å². The van der Waals surface area contributed by atoms with E-state index in [2.05, 4.69) is 13.8 Å². The lowest BCUT2D eigenvalue weighted by Crippen LogP contribution is -2.27. The Labute approximate surface area is 76.7 Å². The highest BCUT2D eigenvalue weighted by molar-refractivity contribution is 4.68. The minimum atomic E-state index is 0.396. The Balaban J connectivity index is 3.35. The van der Waals surface area contributed by atoms with E-state index in [1.165, 1.54) is 19.3 Å². The van der Waals surface area contributed by atoms with Crippen molar-refractivity contribution in [2.24, 2.45) is 17.4 Å². The van der Waals surface area contributed by atoms with Crippen molar-refractivity contribution in [3.05, 3.63) is 0 Å². The summed E-state index contributed by atoms with van der Waals surface area (Å²) in [4.78, 5) is 0. The maximum atomic E-state index is 5.98. The summed E-state index contributed by atoms with van der Waals surface area (Å²) in [5.74, 6) is 0.663. The smallest absolute Gasteiger partial charge is 0.00644 e. The molecule has 0 aliphatic carbocycles. The van der Waals surface area contributed by atoms with Crippen LogP contribution in [0.5, 0.6) is 0 Å². The van der Waals surface area contributed by atoms with Crippen LogP contribution in [0.1, 0.15) is 46.0 Å². The first-order valence-corrected chi connectivity index (χ1v) is 5.18.